The molecule has 1 unspecified atom stereocenters. The van der Waals surface area contributed by atoms with E-state index in [0.29, 0.717) is 6.42 Å². The zero-order valence-corrected chi connectivity index (χ0v) is 9.75. The Balaban J connectivity index is 1.88. The number of thiophene rings is 1. The van der Waals surface area contributed by atoms with Crippen LogP contribution in [0.3, 0.4) is 0 Å². The molecule has 4 nitrogen and oxygen atoms in total. The minimum absolute atomic E-state index is 0.00937. The van der Waals surface area contributed by atoms with Gasteiger partial charge >= 0.3 is 0 Å². The summed E-state index contributed by atoms with van der Waals surface area (Å²) in [6, 6.07) is 1.96. The van der Waals surface area contributed by atoms with Gasteiger partial charge in [-0.25, -0.2) is 0 Å². The number of hydrogen-bond donors (Lipinski definition) is 2. The number of amides is 1. The summed E-state index contributed by atoms with van der Waals surface area (Å²) in [5.74, 6) is 0.0344. The highest BCUT2D eigenvalue weighted by Crippen LogP contribution is 2.11. The molecule has 0 saturated carbocycles. The zero-order chi connectivity index (χ0) is 11.4. The van der Waals surface area contributed by atoms with Gasteiger partial charge in [0.25, 0.3) is 0 Å². The second-order valence-electron chi connectivity index (χ2n) is 3.63. The summed E-state index contributed by atoms with van der Waals surface area (Å²) in [6.45, 7) is 1.94. The number of aromatic nitrogens is 2. The quantitative estimate of drug-likeness (QED) is 0.850. The van der Waals surface area contributed by atoms with Crippen LogP contribution in [0.1, 0.15) is 24.1 Å². The molecular weight excluding hydrogens is 222 g/mol. The van der Waals surface area contributed by atoms with E-state index in [9.17, 15) is 4.79 Å². The standard InChI is InChI=1S/C11H13N3OS/c1-8(10-5-12-13-6-10)14-11(15)4-9-2-3-16-7-9/h2-3,5-8H,4H2,1H3,(H,12,13)(H,14,15). The Morgan fingerprint density at radius 3 is 3.19 bits per heavy atom. The second kappa shape index (κ2) is 4.94. The van der Waals surface area contributed by atoms with Crippen molar-refractivity contribution in [3.8, 4) is 0 Å². The van der Waals surface area contributed by atoms with Crippen LogP contribution in [0.2, 0.25) is 0 Å². The number of nitrogens with one attached hydrogen (secondary N) is 2. The number of H-pyrrole nitrogens is 1. The largest absolute Gasteiger partial charge is 0.349 e. The summed E-state index contributed by atoms with van der Waals surface area (Å²) in [7, 11) is 0. The first-order valence-electron chi connectivity index (χ1n) is 5.05. The van der Waals surface area contributed by atoms with Gasteiger partial charge in [-0.3, -0.25) is 9.89 Å². The summed E-state index contributed by atoms with van der Waals surface area (Å²) < 4.78 is 0. The lowest BCUT2D eigenvalue weighted by Gasteiger charge is -2.11. The van der Waals surface area contributed by atoms with Crippen molar-refractivity contribution in [1.29, 1.82) is 0 Å². The number of nitrogens with zero attached hydrogens (tertiary/aromatic N) is 1. The van der Waals surface area contributed by atoms with E-state index in [-0.39, 0.29) is 11.9 Å². The molecule has 1 atom stereocenters. The number of rotatable bonds is 4. The predicted octanol–water partition coefficient (Wildman–Crippen LogP) is 1.89. The van der Waals surface area contributed by atoms with Crippen molar-refractivity contribution in [3.05, 3.63) is 40.3 Å². The highest BCUT2D eigenvalue weighted by molar-refractivity contribution is 7.07. The lowest BCUT2D eigenvalue weighted by molar-refractivity contribution is -0.121. The lowest BCUT2D eigenvalue weighted by atomic mass is 10.1. The van der Waals surface area contributed by atoms with Crippen LogP contribution < -0.4 is 5.32 Å². The third-order valence-electron chi connectivity index (χ3n) is 2.34. The maximum atomic E-state index is 11.7. The van der Waals surface area contributed by atoms with Gasteiger partial charge in [0.1, 0.15) is 0 Å². The Morgan fingerprint density at radius 2 is 2.56 bits per heavy atom. The van der Waals surface area contributed by atoms with Crippen LogP contribution in [0.4, 0.5) is 0 Å². The van der Waals surface area contributed by atoms with Crippen LogP contribution in [0.5, 0.6) is 0 Å². The van der Waals surface area contributed by atoms with Crippen LogP contribution in [-0.4, -0.2) is 16.1 Å². The third kappa shape index (κ3) is 2.70. The smallest absolute Gasteiger partial charge is 0.224 e. The molecule has 0 saturated heterocycles. The molecule has 84 valence electrons. The normalized spacial score (nSPS) is 12.3. The van der Waals surface area contributed by atoms with Gasteiger partial charge in [-0.05, 0) is 29.3 Å². The van der Waals surface area contributed by atoms with Crippen LogP contribution in [0.15, 0.2) is 29.2 Å². The van der Waals surface area contributed by atoms with Crippen molar-refractivity contribution < 1.29 is 4.79 Å². The fraction of sp³-hybridized carbons (Fsp3) is 0.273. The average Bonchev–Trinajstić information content (AvgIpc) is 2.88. The van der Waals surface area contributed by atoms with E-state index in [1.807, 2.05) is 23.8 Å². The van der Waals surface area contributed by atoms with Gasteiger partial charge in [0, 0.05) is 11.8 Å². The minimum atomic E-state index is -0.00937. The van der Waals surface area contributed by atoms with Gasteiger partial charge in [0.05, 0.1) is 18.7 Å². The molecule has 16 heavy (non-hydrogen) atoms. The fourth-order valence-electron chi connectivity index (χ4n) is 1.45. The first-order valence-corrected chi connectivity index (χ1v) is 5.99. The SMILES string of the molecule is CC(NC(=O)Cc1ccsc1)c1cn[nH]c1. The van der Waals surface area contributed by atoms with E-state index in [2.05, 4.69) is 15.5 Å². The summed E-state index contributed by atoms with van der Waals surface area (Å²) in [5, 5.41) is 13.5. The van der Waals surface area contributed by atoms with Gasteiger partial charge < -0.3 is 5.32 Å². The van der Waals surface area contributed by atoms with E-state index in [1.54, 1.807) is 23.7 Å². The van der Waals surface area contributed by atoms with Crippen molar-refractivity contribution in [2.45, 2.75) is 19.4 Å². The van der Waals surface area contributed by atoms with E-state index in [0.717, 1.165) is 11.1 Å². The molecule has 0 spiro atoms. The van der Waals surface area contributed by atoms with Gasteiger partial charge in [-0.2, -0.15) is 16.4 Å². The van der Waals surface area contributed by atoms with Crippen molar-refractivity contribution in [1.82, 2.24) is 15.5 Å². The van der Waals surface area contributed by atoms with Crippen molar-refractivity contribution in [2.75, 3.05) is 0 Å². The number of carbonyl (C=O) groups excluding carboxylic acids is 1. The van der Waals surface area contributed by atoms with Gasteiger partial charge in [-0.1, -0.05) is 0 Å². The highest BCUT2D eigenvalue weighted by atomic mass is 32.1. The topological polar surface area (TPSA) is 57.8 Å². The summed E-state index contributed by atoms with van der Waals surface area (Å²) in [5.41, 5.74) is 2.04. The molecule has 0 aliphatic carbocycles. The van der Waals surface area contributed by atoms with Crippen LogP contribution >= 0.6 is 11.3 Å². The molecular formula is C11H13N3OS. The van der Waals surface area contributed by atoms with Crippen LogP contribution in [-0.2, 0) is 11.2 Å². The number of hydrogen-bond acceptors (Lipinski definition) is 3. The van der Waals surface area contributed by atoms with E-state index >= 15 is 0 Å². The van der Waals surface area contributed by atoms with E-state index < -0.39 is 0 Å². The number of aromatic amines is 1. The molecule has 0 aromatic carbocycles. The van der Waals surface area contributed by atoms with Gasteiger partial charge in [-0.15, -0.1) is 0 Å². The Labute approximate surface area is 97.7 Å². The van der Waals surface area contributed by atoms with Crippen molar-refractivity contribution in [2.24, 2.45) is 0 Å². The third-order valence-corrected chi connectivity index (χ3v) is 3.07. The lowest BCUT2D eigenvalue weighted by Crippen LogP contribution is -2.27. The fourth-order valence-corrected chi connectivity index (χ4v) is 2.12. The summed E-state index contributed by atoms with van der Waals surface area (Å²) >= 11 is 1.60. The minimum Gasteiger partial charge on any atom is -0.349 e. The molecule has 2 N–H and O–H groups in total. The second-order valence-corrected chi connectivity index (χ2v) is 4.41. The number of carbonyl (C=O) groups is 1. The Bertz CT molecular complexity index is 436. The van der Waals surface area contributed by atoms with E-state index in [1.165, 1.54) is 0 Å². The van der Waals surface area contributed by atoms with Gasteiger partial charge in [0.2, 0.25) is 5.91 Å². The molecule has 2 heterocycles. The van der Waals surface area contributed by atoms with Crippen molar-refractivity contribution >= 4 is 17.2 Å². The highest BCUT2D eigenvalue weighted by Gasteiger charge is 2.10. The first-order chi connectivity index (χ1) is 7.75. The molecule has 2 aromatic rings. The van der Waals surface area contributed by atoms with Crippen LogP contribution in [0.25, 0.3) is 0 Å². The molecule has 0 fully saturated rings. The first kappa shape index (κ1) is 10.9. The molecule has 2 rings (SSSR count). The Morgan fingerprint density at radius 1 is 1.69 bits per heavy atom. The molecule has 0 aliphatic heterocycles. The summed E-state index contributed by atoms with van der Waals surface area (Å²) in [4.78, 5) is 11.7. The molecule has 0 bridgehead atoms. The summed E-state index contributed by atoms with van der Waals surface area (Å²) in [6.07, 6.45) is 3.94. The molecule has 1 amide bonds. The molecule has 2 aromatic heterocycles. The maximum absolute atomic E-state index is 11.7. The molecule has 0 aliphatic rings. The van der Waals surface area contributed by atoms with Crippen LogP contribution in [0, 0.1) is 0 Å². The Hall–Kier alpha value is -1.62. The molecule has 5 heteroatoms. The van der Waals surface area contributed by atoms with E-state index in [4.69, 9.17) is 0 Å². The average molecular weight is 235 g/mol. The van der Waals surface area contributed by atoms with Gasteiger partial charge in [0.15, 0.2) is 0 Å². The van der Waals surface area contributed by atoms with Crippen molar-refractivity contribution in [3.63, 3.8) is 0 Å². The molecule has 0 radical (unpaired) electrons. The monoisotopic (exact) mass is 235 g/mol. The zero-order valence-electron chi connectivity index (χ0n) is 8.93. The maximum Gasteiger partial charge on any atom is 0.224 e. The Kier molecular flexibility index (Phi) is 3.36. The predicted molar refractivity (Wildman–Crippen MR) is 63.2 cm³/mol.